The van der Waals surface area contributed by atoms with Crippen molar-refractivity contribution in [3.8, 4) is 0 Å². The minimum absolute atomic E-state index is 0.353. The number of allylic oxidation sites excluding steroid dienone is 1. The van der Waals surface area contributed by atoms with Gasteiger partial charge >= 0.3 is 0 Å². The molecule has 21 heavy (non-hydrogen) atoms. The number of rotatable bonds is 6. The van der Waals surface area contributed by atoms with Gasteiger partial charge in [0.1, 0.15) is 11.8 Å². The van der Waals surface area contributed by atoms with Gasteiger partial charge < -0.3 is 9.87 Å². The Bertz CT molecular complexity index is 550. The van der Waals surface area contributed by atoms with E-state index in [1.807, 2.05) is 31.2 Å². The first-order chi connectivity index (χ1) is 10.1. The number of hydrogen-bond donors (Lipinski definition) is 3. The molecular weight excluding hydrogens is 376 g/mol. The van der Waals surface area contributed by atoms with Gasteiger partial charge in [0.2, 0.25) is 0 Å². The molecule has 114 valence electrons. The minimum Gasteiger partial charge on any atom is -0.574 e. The van der Waals surface area contributed by atoms with Crippen LogP contribution in [0, 0.1) is 0 Å². The molecule has 0 spiro atoms. The summed E-state index contributed by atoms with van der Waals surface area (Å²) in [6, 6.07) is 7.69. The summed E-state index contributed by atoms with van der Waals surface area (Å²) in [6.45, 7) is 3.04. The average Bonchev–Trinajstić information content (AvgIpc) is 2.47. The Morgan fingerprint density at radius 3 is 2.81 bits per heavy atom. The summed E-state index contributed by atoms with van der Waals surface area (Å²) < 4.78 is 18.7. The lowest BCUT2D eigenvalue weighted by atomic mass is 10.1. The molecule has 0 radical (unpaired) electrons. The molecule has 1 aromatic rings. The summed E-state index contributed by atoms with van der Waals surface area (Å²) in [6.07, 6.45) is 0.904. The van der Waals surface area contributed by atoms with Crippen LogP contribution in [0.25, 0.3) is 5.57 Å². The van der Waals surface area contributed by atoms with Gasteiger partial charge in [-0.05, 0) is 24.1 Å². The monoisotopic (exact) mass is 390 g/mol. The van der Waals surface area contributed by atoms with Crippen LogP contribution in [-0.2, 0) is 11.5 Å². The van der Waals surface area contributed by atoms with Crippen molar-refractivity contribution >= 4 is 49.8 Å². The molecule has 0 amide bonds. The van der Waals surface area contributed by atoms with Gasteiger partial charge in [-0.1, -0.05) is 46.6 Å². The fourth-order valence-electron chi connectivity index (χ4n) is 1.75. The molecule has 5 nitrogen and oxygen atoms in total. The summed E-state index contributed by atoms with van der Waals surface area (Å²) in [5.74, 6) is 0.610. The van der Waals surface area contributed by atoms with Gasteiger partial charge in [-0.3, -0.25) is 4.99 Å². The van der Waals surface area contributed by atoms with E-state index in [1.54, 1.807) is 0 Å². The molecular formula is C13H16BrClN4OS. The van der Waals surface area contributed by atoms with Gasteiger partial charge in [0.05, 0.1) is 5.57 Å². The van der Waals surface area contributed by atoms with E-state index in [-0.39, 0.29) is 0 Å². The molecule has 3 N–H and O–H groups in total. The van der Waals surface area contributed by atoms with Crippen molar-refractivity contribution in [2.75, 3.05) is 13.2 Å². The Hall–Kier alpha value is -0.730. The molecule has 1 heterocycles. The molecule has 2 rings (SSSR count). The molecule has 1 aromatic carbocycles. The molecule has 1 aliphatic rings. The molecule has 0 fully saturated rings. The SMILES string of the molecule is CCCN[S+]([O-])NC1=C(c2ccc(Br)cc2)C(Cl)=NCN1. The number of halogens is 2. The number of nitrogens with zero attached hydrogens (tertiary/aromatic N) is 1. The van der Waals surface area contributed by atoms with Crippen LogP contribution in [0.1, 0.15) is 18.9 Å². The number of nitrogens with one attached hydrogen (secondary N) is 3. The van der Waals surface area contributed by atoms with Gasteiger partial charge in [-0.2, -0.15) is 4.72 Å². The third kappa shape index (κ3) is 4.62. The van der Waals surface area contributed by atoms with E-state index >= 15 is 0 Å². The molecule has 1 atom stereocenters. The van der Waals surface area contributed by atoms with Crippen molar-refractivity contribution < 1.29 is 4.55 Å². The van der Waals surface area contributed by atoms with E-state index in [2.05, 4.69) is 35.7 Å². The Labute approximate surface area is 140 Å². The largest absolute Gasteiger partial charge is 0.574 e. The number of hydrogen-bond acceptors (Lipinski definition) is 5. The van der Waals surface area contributed by atoms with Crippen molar-refractivity contribution in [1.82, 2.24) is 14.8 Å². The lowest BCUT2D eigenvalue weighted by Crippen LogP contribution is -2.42. The predicted octanol–water partition coefficient (Wildman–Crippen LogP) is 2.48. The Morgan fingerprint density at radius 2 is 2.14 bits per heavy atom. The van der Waals surface area contributed by atoms with Crippen molar-refractivity contribution in [1.29, 1.82) is 0 Å². The van der Waals surface area contributed by atoms with Crippen LogP contribution >= 0.6 is 27.5 Å². The van der Waals surface area contributed by atoms with Crippen LogP contribution in [-0.4, -0.2) is 22.9 Å². The van der Waals surface area contributed by atoms with E-state index in [4.69, 9.17) is 11.6 Å². The third-order valence-electron chi connectivity index (χ3n) is 2.74. The molecule has 8 heteroatoms. The van der Waals surface area contributed by atoms with Crippen molar-refractivity contribution in [3.63, 3.8) is 0 Å². The molecule has 1 aliphatic heterocycles. The van der Waals surface area contributed by atoms with E-state index in [1.165, 1.54) is 0 Å². The lowest BCUT2D eigenvalue weighted by molar-refractivity contribution is 0.568. The highest BCUT2D eigenvalue weighted by Crippen LogP contribution is 2.24. The van der Waals surface area contributed by atoms with Crippen molar-refractivity contribution in [2.24, 2.45) is 4.99 Å². The fourth-order valence-corrected chi connectivity index (χ4v) is 3.10. The quantitative estimate of drug-likeness (QED) is 0.652. The first kappa shape index (κ1) is 16.6. The van der Waals surface area contributed by atoms with Crippen molar-refractivity contribution in [2.45, 2.75) is 13.3 Å². The Balaban J connectivity index is 2.25. The minimum atomic E-state index is -1.37. The summed E-state index contributed by atoms with van der Waals surface area (Å²) in [5.41, 5.74) is 1.61. The topological polar surface area (TPSA) is 71.5 Å². The zero-order valence-electron chi connectivity index (χ0n) is 11.5. The predicted molar refractivity (Wildman–Crippen MR) is 91.9 cm³/mol. The van der Waals surface area contributed by atoms with Crippen LogP contribution in [0.5, 0.6) is 0 Å². The van der Waals surface area contributed by atoms with Crippen LogP contribution in [0.4, 0.5) is 0 Å². The normalized spacial score (nSPS) is 16.3. The summed E-state index contributed by atoms with van der Waals surface area (Å²) in [4.78, 5) is 4.17. The highest BCUT2D eigenvalue weighted by molar-refractivity contribution is 9.10. The van der Waals surface area contributed by atoms with Crippen LogP contribution in [0.15, 0.2) is 39.6 Å². The summed E-state index contributed by atoms with van der Waals surface area (Å²) >= 11 is 8.25. The second-order valence-electron chi connectivity index (χ2n) is 4.31. The molecule has 0 saturated heterocycles. The third-order valence-corrected chi connectivity index (χ3v) is 4.43. The zero-order chi connectivity index (χ0) is 15.2. The maximum atomic E-state index is 11.9. The first-order valence-corrected chi connectivity index (χ1v) is 8.80. The maximum Gasteiger partial charge on any atom is 0.165 e. The lowest BCUT2D eigenvalue weighted by Gasteiger charge is -2.21. The highest BCUT2D eigenvalue weighted by atomic mass is 79.9. The van der Waals surface area contributed by atoms with Crippen LogP contribution < -0.4 is 14.8 Å². The van der Waals surface area contributed by atoms with Gasteiger partial charge in [-0.15, -0.1) is 4.72 Å². The summed E-state index contributed by atoms with van der Waals surface area (Å²) in [7, 11) is 0. The first-order valence-electron chi connectivity index (χ1n) is 6.48. The van der Waals surface area contributed by atoms with Gasteiger partial charge in [0, 0.05) is 11.0 Å². The molecule has 0 saturated carbocycles. The molecule has 0 aromatic heterocycles. The zero-order valence-corrected chi connectivity index (χ0v) is 14.6. The number of aliphatic imine (C=N–C) groups is 1. The highest BCUT2D eigenvalue weighted by Gasteiger charge is 2.21. The second kappa shape index (κ2) is 8.05. The van der Waals surface area contributed by atoms with Crippen LogP contribution in [0.3, 0.4) is 0 Å². The van der Waals surface area contributed by atoms with Gasteiger partial charge in [0.15, 0.2) is 17.4 Å². The standard InChI is InChI=1S/C13H16BrClN4OS/c1-2-7-18-21(20)19-13-11(12(15)16-8-17-13)9-3-5-10(14)6-4-9/h3-6,17-19H,2,7-8H2,1H3. The van der Waals surface area contributed by atoms with E-state index in [0.29, 0.717) is 29.8 Å². The van der Waals surface area contributed by atoms with E-state index < -0.39 is 11.5 Å². The van der Waals surface area contributed by atoms with Gasteiger partial charge in [-0.25, -0.2) is 0 Å². The number of benzene rings is 1. The van der Waals surface area contributed by atoms with Crippen LogP contribution in [0.2, 0.25) is 0 Å². The molecule has 0 aliphatic carbocycles. The molecule has 1 unspecified atom stereocenters. The van der Waals surface area contributed by atoms with Crippen molar-refractivity contribution in [3.05, 3.63) is 40.1 Å². The maximum absolute atomic E-state index is 11.9. The Kier molecular flexibility index (Phi) is 6.38. The molecule has 0 bridgehead atoms. The second-order valence-corrected chi connectivity index (χ2v) is 6.61. The van der Waals surface area contributed by atoms with Gasteiger partial charge in [0.25, 0.3) is 0 Å². The van der Waals surface area contributed by atoms with E-state index in [0.717, 1.165) is 16.5 Å². The Morgan fingerprint density at radius 1 is 1.43 bits per heavy atom. The fraction of sp³-hybridized carbons (Fsp3) is 0.308. The average molecular weight is 392 g/mol. The van der Waals surface area contributed by atoms with E-state index in [9.17, 15) is 4.55 Å². The summed E-state index contributed by atoms with van der Waals surface area (Å²) in [5, 5.41) is 3.47. The smallest absolute Gasteiger partial charge is 0.165 e.